The van der Waals surface area contributed by atoms with Crippen molar-refractivity contribution in [2.45, 2.75) is 57.7 Å². The zero-order valence-electron chi connectivity index (χ0n) is 28.0. The Labute approximate surface area is 285 Å². The second kappa shape index (κ2) is 17.9. The van der Waals surface area contributed by atoms with Crippen LogP contribution in [0.2, 0.25) is 0 Å². The van der Waals surface area contributed by atoms with E-state index in [1.807, 2.05) is 12.1 Å². The highest BCUT2D eigenvalue weighted by Crippen LogP contribution is 2.30. The fourth-order valence-corrected chi connectivity index (χ4v) is 5.32. The van der Waals surface area contributed by atoms with Gasteiger partial charge in [-0.2, -0.15) is 4.52 Å². The van der Waals surface area contributed by atoms with Crippen LogP contribution in [0.1, 0.15) is 63.1 Å². The molecule has 49 heavy (non-hydrogen) atoms. The summed E-state index contributed by atoms with van der Waals surface area (Å²) in [6, 6.07) is 24.5. The van der Waals surface area contributed by atoms with E-state index < -0.39 is 17.4 Å². The van der Waals surface area contributed by atoms with Crippen molar-refractivity contribution in [3.63, 3.8) is 0 Å². The summed E-state index contributed by atoms with van der Waals surface area (Å²) < 4.78 is 19.4. The molecule has 1 fully saturated rings. The highest BCUT2D eigenvalue weighted by molar-refractivity contribution is 5.89. The van der Waals surface area contributed by atoms with Crippen molar-refractivity contribution in [3.8, 4) is 5.88 Å². The van der Waals surface area contributed by atoms with Gasteiger partial charge in [0.15, 0.2) is 11.5 Å². The van der Waals surface area contributed by atoms with Crippen molar-refractivity contribution in [1.29, 1.82) is 0 Å². The van der Waals surface area contributed by atoms with Gasteiger partial charge in [0, 0.05) is 37.9 Å². The van der Waals surface area contributed by atoms with Crippen molar-refractivity contribution in [2.75, 3.05) is 32.8 Å². The largest absolute Gasteiger partial charge is 0.478 e. The van der Waals surface area contributed by atoms with Gasteiger partial charge in [0.1, 0.15) is 11.5 Å². The van der Waals surface area contributed by atoms with Crippen LogP contribution in [0.4, 0.5) is 0 Å². The second-order valence-electron chi connectivity index (χ2n) is 11.9. The summed E-state index contributed by atoms with van der Waals surface area (Å²) in [7, 11) is 0. The van der Waals surface area contributed by atoms with E-state index in [0.29, 0.717) is 42.7 Å². The Hall–Kier alpha value is -5.14. The number of benzene rings is 2. The van der Waals surface area contributed by atoms with E-state index in [2.05, 4.69) is 68.7 Å². The molecule has 2 N–H and O–H groups in total. The van der Waals surface area contributed by atoms with Gasteiger partial charge in [-0.25, -0.2) is 9.59 Å². The van der Waals surface area contributed by atoms with Gasteiger partial charge in [-0.05, 0) is 57.2 Å². The molecular formula is C36H43N5O8. The summed E-state index contributed by atoms with van der Waals surface area (Å²) in [6.45, 7) is 9.08. The SMILES string of the molecule is CCOC(=O)C(C)(C)c1nnc2ccc(OCCCN3CCC(OC(c4ccccc4)c4ccccc4)CC3)nn12.O=C(O)C=CC(=O)O. The number of rotatable bonds is 14. The molecule has 1 aliphatic heterocycles. The van der Waals surface area contributed by atoms with Gasteiger partial charge in [-0.3, -0.25) is 4.79 Å². The average molecular weight is 674 g/mol. The fraction of sp³-hybridized carbons (Fsp3) is 0.389. The van der Waals surface area contributed by atoms with Gasteiger partial charge in [0.05, 0.1) is 19.3 Å². The lowest BCUT2D eigenvalue weighted by Crippen LogP contribution is -2.38. The number of likely N-dealkylation sites (tertiary alicyclic amines) is 1. The Morgan fingerprint density at radius 3 is 2.04 bits per heavy atom. The quantitative estimate of drug-likeness (QED) is 0.108. The average Bonchev–Trinajstić information content (AvgIpc) is 3.54. The van der Waals surface area contributed by atoms with Crippen LogP contribution in [0, 0.1) is 0 Å². The molecule has 260 valence electrons. The zero-order chi connectivity index (χ0) is 35.2. The number of carboxylic acid groups (broad SMARTS) is 2. The lowest BCUT2D eigenvalue weighted by atomic mass is 9.93. The van der Waals surface area contributed by atoms with E-state index >= 15 is 0 Å². The number of esters is 1. The van der Waals surface area contributed by atoms with Gasteiger partial charge in [-0.15, -0.1) is 15.3 Å². The van der Waals surface area contributed by atoms with Crippen molar-refractivity contribution in [2.24, 2.45) is 0 Å². The van der Waals surface area contributed by atoms with E-state index in [-0.39, 0.29) is 18.2 Å². The van der Waals surface area contributed by atoms with Crippen LogP contribution >= 0.6 is 0 Å². The molecule has 13 nitrogen and oxygen atoms in total. The smallest absolute Gasteiger partial charge is 0.328 e. The first-order valence-electron chi connectivity index (χ1n) is 16.2. The minimum atomic E-state index is -1.26. The van der Waals surface area contributed by atoms with E-state index in [0.717, 1.165) is 38.9 Å². The minimum absolute atomic E-state index is 0.0544. The topological polar surface area (TPSA) is 166 Å². The predicted molar refractivity (Wildman–Crippen MR) is 180 cm³/mol. The fourth-order valence-electron chi connectivity index (χ4n) is 5.32. The first-order valence-corrected chi connectivity index (χ1v) is 16.2. The van der Waals surface area contributed by atoms with Crippen molar-refractivity contribution >= 4 is 23.6 Å². The minimum Gasteiger partial charge on any atom is -0.478 e. The molecule has 0 saturated carbocycles. The Bertz CT molecular complexity index is 1630. The Balaban J connectivity index is 0.000000603. The molecular weight excluding hydrogens is 630 g/mol. The number of aromatic nitrogens is 4. The molecule has 0 radical (unpaired) electrons. The third kappa shape index (κ3) is 10.7. The third-order valence-corrected chi connectivity index (χ3v) is 7.89. The maximum atomic E-state index is 12.5. The lowest BCUT2D eigenvalue weighted by Gasteiger charge is -2.34. The maximum absolute atomic E-state index is 12.5. The van der Waals surface area contributed by atoms with Gasteiger partial charge >= 0.3 is 17.9 Å². The molecule has 1 aliphatic rings. The van der Waals surface area contributed by atoms with E-state index in [1.54, 1.807) is 37.4 Å². The molecule has 3 heterocycles. The summed E-state index contributed by atoms with van der Waals surface area (Å²) in [6.07, 6.45) is 4.17. The van der Waals surface area contributed by atoms with E-state index in [4.69, 9.17) is 24.4 Å². The van der Waals surface area contributed by atoms with Crippen LogP contribution in [0.15, 0.2) is 84.9 Å². The number of carbonyl (C=O) groups is 3. The van der Waals surface area contributed by atoms with Gasteiger partial charge in [0.25, 0.3) is 0 Å². The number of aliphatic carboxylic acids is 2. The summed E-state index contributed by atoms with van der Waals surface area (Å²) >= 11 is 0. The van der Waals surface area contributed by atoms with Crippen LogP contribution in [0.5, 0.6) is 5.88 Å². The number of fused-ring (bicyclic) bond motifs is 1. The number of carbonyl (C=O) groups excluding carboxylic acids is 1. The maximum Gasteiger partial charge on any atom is 0.328 e. The number of ether oxygens (including phenoxy) is 3. The van der Waals surface area contributed by atoms with Gasteiger partial charge < -0.3 is 29.3 Å². The molecule has 2 aromatic carbocycles. The Morgan fingerprint density at radius 2 is 1.49 bits per heavy atom. The number of carboxylic acids is 2. The molecule has 0 unspecified atom stereocenters. The molecule has 5 rings (SSSR count). The zero-order valence-corrected chi connectivity index (χ0v) is 28.0. The summed E-state index contributed by atoms with van der Waals surface area (Å²) in [4.78, 5) is 34.1. The van der Waals surface area contributed by atoms with Gasteiger partial charge in [-0.1, -0.05) is 60.7 Å². The molecule has 13 heteroatoms. The number of hydrogen-bond acceptors (Lipinski definition) is 10. The molecule has 2 aromatic heterocycles. The van der Waals surface area contributed by atoms with E-state index in [1.165, 1.54) is 11.1 Å². The molecule has 0 aliphatic carbocycles. The Kier molecular flexibility index (Phi) is 13.4. The number of hydrogen-bond donors (Lipinski definition) is 2. The van der Waals surface area contributed by atoms with Crippen LogP contribution < -0.4 is 4.74 Å². The summed E-state index contributed by atoms with van der Waals surface area (Å²) in [5.41, 5.74) is 1.94. The Morgan fingerprint density at radius 1 is 0.898 bits per heavy atom. The molecule has 0 spiro atoms. The second-order valence-corrected chi connectivity index (χ2v) is 11.9. The van der Waals surface area contributed by atoms with Crippen molar-refractivity contribution < 1.29 is 38.8 Å². The number of nitrogens with zero attached hydrogens (tertiary/aromatic N) is 5. The molecule has 0 bridgehead atoms. The van der Waals surface area contributed by atoms with Crippen LogP contribution in [0.25, 0.3) is 5.65 Å². The third-order valence-electron chi connectivity index (χ3n) is 7.89. The van der Waals surface area contributed by atoms with Crippen LogP contribution in [0.3, 0.4) is 0 Å². The van der Waals surface area contributed by atoms with Crippen LogP contribution in [-0.4, -0.2) is 91.8 Å². The first-order chi connectivity index (χ1) is 23.6. The molecule has 1 saturated heterocycles. The van der Waals surface area contributed by atoms with Gasteiger partial charge in [0.2, 0.25) is 5.88 Å². The summed E-state index contributed by atoms with van der Waals surface area (Å²) in [5.74, 6) is -1.99. The van der Waals surface area contributed by atoms with Crippen LogP contribution in [-0.2, 0) is 29.3 Å². The first kappa shape index (κ1) is 36.7. The predicted octanol–water partition coefficient (Wildman–Crippen LogP) is 4.72. The number of piperidine rings is 1. The summed E-state index contributed by atoms with van der Waals surface area (Å²) in [5, 5.41) is 28.5. The normalized spacial score (nSPS) is 14.0. The van der Waals surface area contributed by atoms with E-state index in [9.17, 15) is 14.4 Å². The standard InChI is InChI=1S/C32H39N5O4.C4H4O4/c1-4-39-31(38)32(2,3)30-34-33-27-16-17-28(35-37(27)30)40-23-11-20-36-21-18-26(19-22-36)41-29(24-12-7-5-8-13-24)25-14-9-6-10-15-25;5-3(6)1-2-4(7)8/h5-10,12-17,26,29H,4,11,18-23H2,1-3H3;1-2H,(H,5,6)(H,7,8). The van der Waals surface area contributed by atoms with Crippen molar-refractivity contribution in [3.05, 3.63) is 102 Å². The lowest BCUT2D eigenvalue weighted by molar-refractivity contribution is -0.149. The molecule has 0 amide bonds. The monoisotopic (exact) mass is 673 g/mol. The molecule has 0 atom stereocenters. The highest BCUT2D eigenvalue weighted by Gasteiger charge is 2.37. The van der Waals surface area contributed by atoms with Crippen molar-refractivity contribution in [1.82, 2.24) is 24.7 Å². The molecule has 4 aromatic rings. The highest BCUT2D eigenvalue weighted by atomic mass is 16.5.